The first kappa shape index (κ1) is 16.5. The van der Waals surface area contributed by atoms with Gasteiger partial charge in [-0.2, -0.15) is 0 Å². The summed E-state index contributed by atoms with van der Waals surface area (Å²) in [6.45, 7) is 0. The lowest BCUT2D eigenvalue weighted by Gasteiger charge is -2.19. The molecule has 130 valence electrons. The Morgan fingerprint density at radius 2 is 1.58 bits per heavy atom. The summed E-state index contributed by atoms with van der Waals surface area (Å²) >= 11 is 0. The van der Waals surface area contributed by atoms with Crippen molar-refractivity contribution >= 4 is 5.71 Å². The van der Waals surface area contributed by atoms with Crippen LogP contribution in [0.3, 0.4) is 0 Å². The summed E-state index contributed by atoms with van der Waals surface area (Å²) in [5, 5.41) is 13.2. The Morgan fingerprint density at radius 1 is 0.923 bits per heavy atom. The minimum Gasteiger partial charge on any atom is -0.411 e. The lowest BCUT2D eigenvalue weighted by Crippen LogP contribution is -2.10. The van der Waals surface area contributed by atoms with Crippen molar-refractivity contribution in [1.82, 2.24) is 4.98 Å². The summed E-state index contributed by atoms with van der Waals surface area (Å²) < 4.78 is 0. The van der Waals surface area contributed by atoms with Crippen LogP contribution in [0.5, 0.6) is 0 Å². The topological polar surface area (TPSA) is 45.5 Å². The molecule has 0 amide bonds. The van der Waals surface area contributed by atoms with Gasteiger partial charge in [-0.05, 0) is 47.6 Å². The number of nitrogens with zero attached hydrogens (tertiary/aromatic N) is 2. The molecule has 26 heavy (non-hydrogen) atoms. The van der Waals surface area contributed by atoms with Gasteiger partial charge in [-0.25, -0.2) is 0 Å². The van der Waals surface area contributed by atoms with Gasteiger partial charge in [-0.15, -0.1) is 0 Å². The highest BCUT2D eigenvalue weighted by atomic mass is 16.4. The summed E-state index contributed by atoms with van der Waals surface area (Å²) in [5.74, 6) is 0.897. The summed E-state index contributed by atoms with van der Waals surface area (Å²) in [6, 6.07) is 23.2. The maximum absolute atomic E-state index is 9.61. The van der Waals surface area contributed by atoms with Gasteiger partial charge in [0.25, 0.3) is 0 Å². The normalized spacial score (nSPS) is 15.6. The number of rotatable bonds is 6. The molecule has 2 aromatic carbocycles. The molecule has 0 aliphatic heterocycles. The van der Waals surface area contributed by atoms with Crippen LogP contribution in [0.1, 0.15) is 53.4 Å². The molecule has 1 aliphatic rings. The zero-order chi connectivity index (χ0) is 17.8. The van der Waals surface area contributed by atoms with Crippen molar-refractivity contribution in [2.24, 2.45) is 5.16 Å². The van der Waals surface area contributed by atoms with Gasteiger partial charge in [0.15, 0.2) is 0 Å². The third kappa shape index (κ3) is 3.67. The molecule has 1 fully saturated rings. The Morgan fingerprint density at radius 3 is 2.19 bits per heavy atom. The Balaban J connectivity index is 1.66. The number of aromatic nitrogens is 1. The standard InChI is InChI=1S/C23H22N2O/c26-25-23(21-12-14-24-15-13-21)16-22(19-4-2-1-3-5-19)20-10-8-18(9-11-20)17-6-7-17/h1-5,8-15,17,22,26H,6-7,16H2/b25-23-. The molecule has 4 rings (SSSR count). The average Bonchev–Trinajstić information content (AvgIpc) is 3.56. The van der Waals surface area contributed by atoms with Crippen LogP contribution >= 0.6 is 0 Å². The predicted octanol–water partition coefficient (Wildman–Crippen LogP) is 5.36. The Labute approximate surface area is 154 Å². The van der Waals surface area contributed by atoms with Crippen LogP contribution in [0.15, 0.2) is 84.3 Å². The van der Waals surface area contributed by atoms with Crippen molar-refractivity contribution in [2.45, 2.75) is 31.1 Å². The number of pyridine rings is 1. The molecule has 0 radical (unpaired) electrons. The minimum atomic E-state index is 0.142. The first-order valence-corrected chi connectivity index (χ1v) is 9.11. The van der Waals surface area contributed by atoms with E-state index in [0.717, 1.165) is 11.5 Å². The molecule has 1 aromatic heterocycles. The minimum absolute atomic E-state index is 0.142. The SMILES string of the molecule is O/N=C(/CC(c1ccccc1)c1ccc(C2CC2)cc1)c1ccncc1. The smallest absolute Gasteiger partial charge is 0.0878 e. The molecule has 1 unspecified atom stereocenters. The van der Waals surface area contributed by atoms with Gasteiger partial charge < -0.3 is 5.21 Å². The number of benzene rings is 2. The summed E-state index contributed by atoms with van der Waals surface area (Å²) in [5.41, 5.74) is 5.48. The molecule has 1 saturated carbocycles. The average molecular weight is 342 g/mol. The second-order valence-corrected chi connectivity index (χ2v) is 6.89. The number of hydrogen-bond acceptors (Lipinski definition) is 3. The fourth-order valence-corrected chi connectivity index (χ4v) is 3.48. The van der Waals surface area contributed by atoms with E-state index in [1.165, 1.54) is 29.5 Å². The van der Waals surface area contributed by atoms with Gasteiger partial charge in [0, 0.05) is 30.3 Å². The molecular weight excluding hydrogens is 320 g/mol. The fraction of sp³-hybridized carbons (Fsp3) is 0.217. The number of oxime groups is 1. The van der Waals surface area contributed by atoms with E-state index < -0.39 is 0 Å². The summed E-state index contributed by atoms with van der Waals surface area (Å²) in [7, 11) is 0. The van der Waals surface area contributed by atoms with Gasteiger partial charge >= 0.3 is 0 Å². The summed E-state index contributed by atoms with van der Waals surface area (Å²) in [6.07, 6.45) is 6.70. The van der Waals surface area contributed by atoms with Gasteiger partial charge in [-0.3, -0.25) is 4.98 Å². The first-order chi connectivity index (χ1) is 12.8. The van der Waals surface area contributed by atoms with E-state index in [9.17, 15) is 5.21 Å². The molecule has 1 N–H and O–H groups in total. The zero-order valence-electron chi connectivity index (χ0n) is 14.6. The Bertz CT molecular complexity index is 869. The fourth-order valence-electron chi connectivity index (χ4n) is 3.48. The van der Waals surface area contributed by atoms with E-state index >= 15 is 0 Å². The van der Waals surface area contributed by atoms with Crippen LogP contribution < -0.4 is 0 Å². The van der Waals surface area contributed by atoms with Crippen LogP contribution in [0.4, 0.5) is 0 Å². The second-order valence-electron chi connectivity index (χ2n) is 6.89. The van der Waals surface area contributed by atoms with E-state index in [1.807, 2.05) is 18.2 Å². The van der Waals surface area contributed by atoms with Crippen LogP contribution in [0.2, 0.25) is 0 Å². The highest BCUT2D eigenvalue weighted by molar-refractivity contribution is 6.00. The summed E-state index contributed by atoms with van der Waals surface area (Å²) in [4.78, 5) is 4.05. The van der Waals surface area contributed by atoms with Crippen LogP contribution in [0, 0.1) is 0 Å². The van der Waals surface area contributed by atoms with Crippen LogP contribution in [-0.4, -0.2) is 15.9 Å². The third-order valence-corrected chi connectivity index (χ3v) is 5.12. The van der Waals surface area contributed by atoms with Crippen molar-refractivity contribution in [1.29, 1.82) is 0 Å². The lowest BCUT2D eigenvalue weighted by atomic mass is 9.85. The van der Waals surface area contributed by atoms with Gasteiger partial charge in [0.2, 0.25) is 0 Å². The zero-order valence-corrected chi connectivity index (χ0v) is 14.6. The van der Waals surface area contributed by atoms with Crippen molar-refractivity contribution in [3.8, 4) is 0 Å². The van der Waals surface area contributed by atoms with Crippen molar-refractivity contribution in [3.05, 3.63) is 101 Å². The van der Waals surface area contributed by atoms with Gasteiger partial charge in [0.1, 0.15) is 0 Å². The van der Waals surface area contributed by atoms with Crippen LogP contribution in [-0.2, 0) is 0 Å². The quantitative estimate of drug-likeness (QED) is 0.372. The molecule has 3 heteroatoms. The molecule has 0 bridgehead atoms. The Hall–Kier alpha value is -2.94. The molecule has 3 nitrogen and oxygen atoms in total. The van der Waals surface area contributed by atoms with Crippen molar-refractivity contribution < 1.29 is 5.21 Å². The maximum atomic E-state index is 9.61. The van der Waals surface area contributed by atoms with Crippen molar-refractivity contribution in [2.75, 3.05) is 0 Å². The van der Waals surface area contributed by atoms with Gasteiger partial charge in [-0.1, -0.05) is 59.8 Å². The monoisotopic (exact) mass is 342 g/mol. The van der Waals surface area contributed by atoms with E-state index in [4.69, 9.17) is 0 Å². The molecule has 1 heterocycles. The van der Waals surface area contributed by atoms with E-state index in [0.29, 0.717) is 12.1 Å². The molecule has 3 aromatic rings. The lowest BCUT2D eigenvalue weighted by molar-refractivity contribution is 0.317. The molecule has 1 atom stereocenters. The largest absolute Gasteiger partial charge is 0.411 e. The molecule has 1 aliphatic carbocycles. The highest BCUT2D eigenvalue weighted by Crippen LogP contribution is 2.40. The second kappa shape index (κ2) is 7.52. The molecular formula is C23H22N2O. The van der Waals surface area contributed by atoms with E-state index in [2.05, 4.69) is 58.7 Å². The van der Waals surface area contributed by atoms with Crippen molar-refractivity contribution in [3.63, 3.8) is 0 Å². The molecule has 0 saturated heterocycles. The Kier molecular flexibility index (Phi) is 4.78. The van der Waals surface area contributed by atoms with E-state index in [1.54, 1.807) is 12.4 Å². The van der Waals surface area contributed by atoms with Gasteiger partial charge in [0.05, 0.1) is 5.71 Å². The highest BCUT2D eigenvalue weighted by Gasteiger charge is 2.24. The number of hydrogen-bond donors (Lipinski definition) is 1. The molecule has 0 spiro atoms. The maximum Gasteiger partial charge on any atom is 0.0878 e. The third-order valence-electron chi connectivity index (χ3n) is 5.12. The predicted molar refractivity (Wildman–Crippen MR) is 104 cm³/mol. The first-order valence-electron chi connectivity index (χ1n) is 9.11. The van der Waals surface area contributed by atoms with E-state index in [-0.39, 0.29) is 5.92 Å². The van der Waals surface area contributed by atoms with Crippen LogP contribution in [0.25, 0.3) is 0 Å².